The van der Waals surface area contributed by atoms with Crippen LogP contribution in [0.25, 0.3) is 0 Å². The van der Waals surface area contributed by atoms with Crippen molar-refractivity contribution in [2.24, 2.45) is 0 Å². The van der Waals surface area contributed by atoms with Crippen molar-refractivity contribution in [2.45, 2.75) is 62.6 Å². The summed E-state index contributed by atoms with van der Waals surface area (Å²) >= 11 is 1.94. The van der Waals surface area contributed by atoms with E-state index in [9.17, 15) is 4.79 Å². The molecule has 24 heavy (non-hydrogen) atoms. The molecule has 2 aliphatic heterocycles. The highest BCUT2D eigenvalue weighted by molar-refractivity contribution is 7.99. The monoisotopic (exact) mass is 348 g/mol. The number of carbonyl (C=O) groups is 1. The van der Waals surface area contributed by atoms with E-state index in [0.29, 0.717) is 12.1 Å². The van der Waals surface area contributed by atoms with Gasteiger partial charge in [-0.1, -0.05) is 18.2 Å². The minimum atomic E-state index is -0.434. The molecule has 3 rings (SSSR count). The largest absolute Gasteiger partial charge is 0.444 e. The first kappa shape index (κ1) is 17.6. The van der Waals surface area contributed by atoms with Gasteiger partial charge in [-0.25, -0.2) is 4.79 Å². The molecular weight excluding hydrogens is 320 g/mol. The number of ether oxygens (including phenoxy) is 1. The van der Waals surface area contributed by atoms with Gasteiger partial charge < -0.3 is 15.0 Å². The minimum absolute atomic E-state index is 0.186. The predicted molar refractivity (Wildman–Crippen MR) is 98.5 cm³/mol. The first-order chi connectivity index (χ1) is 11.4. The molecule has 1 amide bonds. The van der Waals surface area contributed by atoms with E-state index in [0.717, 1.165) is 38.1 Å². The molecule has 0 aromatic heterocycles. The number of nitrogens with one attached hydrogen (secondary N) is 1. The average molecular weight is 349 g/mol. The molecule has 4 nitrogen and oxygen atoms in total. The number of amides is 1. The summed E-state index contributed by atoms with van der Waals surface area (Å²) in [6.45, 7) is 7.29. The summed E-state index contributed by atoms with van der Waals surface area (Å²) in [5, 5.41) is 3.80. The van der Waals surface area contributed by atoms with E-state index < -0.39 is 5.60 Å². The number of hydrogen-bond acceptors (Lipinski definition) is 4. The Morgan fingerprint density at radius 2 is 2.08 bits per heavy atom. The van der Waals surface area contributed by atoms with Gasteiger partial charge >= 0.3 is 6.09 Å². The molecule has 1 saturated heterocycles. The predicted octanol–water partition coefficient (Wildman–Crippen LogP) is 4.21. The molecule has 1 aromatic rings. The fourth-order valence-corrected chi connectivity index (χ4v) is 4.53. The quantitative estimate of drug-likeness (QED) is 0.869. The van der Waals surface area contributed by atoms with Gasteiger partial charge in [0, 0.05) is 30.1 Å². The molecule has 1 fully saturated rings. The van der Waals surface area contributed by atoms with E-state index in [2.05, 4.69) is 29.6 Å². The Labute approximate surface area is 149 Å². The van der Waals surface area contributed by atoms with E-state index in [1.807, 2.05) is 37.4 Å². The van der Waals surface area contributed by atoms with Gasteiger partial charge in [-0.2, -0.15) is 0 Å². The van der Waals surface area contributed by atoms with E-state index >= 15 is 0 Å². The van der Waals surface area contributed by atoms with E-state index in [-0.39, 0.29) is 6.09 Å². The van der Waals surface area contributed by atoms with Crippen molar-refractivity contribution in [3.05, 3.63) is 29.8 Å². The van der Waals surface area contributed by atoms with Crippen molar-refractivity contribution < 1.29 is 9.53 Å². The number of hydrogen-bond donors (Lipinski definition) is 1. The smallest absolute Gasteiger partial charge is 0.410 e. The summed E-state index contributed by atoms with van der Waals surface area (Å²) in [6, 6.07) is 9.40. The van der Waals surface area contributed by atoms with Crippen LogP contribution in [0.4, 0.5) is 4.79 Å². The lowest BCUT2D eigenvalue weighted by molar-refractivity contribution is 0.0183. The third-order valence-electron chi connectivity index (χ3n) is 4.47. The number of thioether (sulfide) groups is 1. The molecule has 2 atom stereocenters. The second-order valence-corrected chi connectivity index (χ2v) is 8.80. The van der Waals surface area contributed by atoms with Crippen LogP contribution in [0.5, 0.6) is 0 Å². The summed E-state index contributed by atoms with van der Waals surface area (Å²) in [5.74, 6) is 1.15. The third kappa shape index (κ3) is 4.45. The fourth-order valence-electron chi connectivity index (χ4n) is 3.41. The summed E-state index contributed by atoms with van der Waals surface area (Å²) in [4.78, 5) is 15.6. The van der Waals surface area contributed by atoms with Crippen LogP contribution in [0.3, 0.4) is 0 Å². The number of benzene rings is 1. The van der Waals surface area contributed by atoms with Gasteiger partial charge in [0.15, 0.2) is 0 Å². The lowest BCUT2D eigenvalue weighted by Crippen LogP contribution is -2.50. The Kier molecular flexibility index (Phi) is 5.40. The van der Waals surface area contributed by atoms with E-state index in [1.54, 1.807) is 0 Å². The molecule has 2 heterocycles. The summed E-state index contributed by atoms with van der Waals surface area (Å²) in [6.07, 6.45) is 3.10. The first-order valence-electron chi connectivity index (χ1n) is 8.88. The lowest BCUT2D eigenvalue weighted by atomic mass is 9.99. The molecule has 1 aromatic carbocycles. The standard InChI is InChI=1S/C19H28N2O2S/c1-19(2,3)23-18(22)21-11-6-7-14(13-21)20-16-10-12-24-17-9-5-4-8-15(16)17/h4-5,8-9,14,16,20H,6-7,10-13H2,1-3H3/t14-,16+/m0/s1. The average Bonchev–Trinajstić information content (AvgIpc) is 2.54. The van der Waals surface area contributed by atoms with Crippen molar-refractivity contribution in [3.8, 4) is 0 Å². The maximum atomic E-state index is 12.3. The van der Waals surface area contributed by atoms with Crippen molar-refractivity contribution in [3.63, 3.8) is 0 Å². The number of nitrogens with zero attached hydrogens (tertiary/aromatic N) is 1. The number of carbonyl (C=O) groups excluding carboxylic acids is 1. The molecule has 0 spiro atoms. The van der Waals surface area contributed by atoms with Gasteiger partial charge in [-0.3, -0.25) is 0 Å². The van der Waals surface area contributed by atoms with Gasteiger partial charge in [0.1, 0.15) is 5.60 Å². The number of rotatable bonds is 2. The van der Waals surface area contributed by atoms with Crippen molar-refractivity contribution in [2.75, 3.05) is 18.8 Å². The van der Waals surface area contributed by atoms with Crippen LogP contribution in [-0.2, 0) is 4.74 Å². The Morgan fingerprint density at radius 1 is 1.29 bits per heavy atom. The van der Waals surface area contributed by atoms with E-state index in [1.165, 1.54) is 10.5 Å². The molecule has 2 aliphatic rings. The van der Waals surface area contributed by atoms with Crippen LogP contribution < -0.4 is 5.32 Å². The SMILES string of the molecule is CC(C)(C)OC(=O)N1CCC[C@H](N[C@@H]2CCSc3ccccc32)C1. The number of piperidine rings is 1. The van der Waals surface area contributed by atoms with Gasteiger partial charge in [-0.15, -0.1) is 11.8 Å². The first-order valence-corrected chi connectivity index (χ1v) is 9.86. The normalized spacial score (nSPS) is 24.4. The minimum Gasteiger partial charge on any atom is -0.444 e. The van der Waals surface area contributed by atoms with Crippen molar-refractivity contribution in [1.82, 2.24) is 10.2 Å². The molecule has 0 unspecified atom stereocenters. The molecule has 5 heteroatoms. The lowest BCUT2D eigenvalue weighted by Gasteiger charge is -2.37. The molecule has 0 saturated carbocycles. The van der Waals surface area contributed by atoms with Crippen LogP contribution in [0, 0.1) is 0 Å². The fraction of sp³-hybridized carbons (Fsp3) is 0.632. The summed E-state index contributed by atoms with van der Waals surface area (Å²) in [5.41, 5.74) is 0.972. The molecule has 132 valence electrons. The molecule has 0 radical (unpaired) electrons. The topological polar surface area (TPSA) is 41.6 Å². The zero-order valence-electron chi connectivity index (χ0n) is 14.9. The van der Waals surface area contributed by atoms with Gasteiger partial charge in [0.05, 0.1) is 0 Å². The van der Waals surface area contributed by atoms with Crippen LogP contribution in [0.2, 0.25) is 0 Å². The third-order valence-corrected chi connectivity index (χ3v) is 5.59. The summed E-state index contributed by atoms with van der Waals surface area (Å²) < 4.78 is 5.53. The Hall–Kier alpha value is -1.20. The van der Waals surface area contributed by atoms with E-state index in [4.69, 9.17) is 4.74 Å². The highest BCUT2D eigenvalue weighted by Gasteiger charge is 2.30. The van der Waals surface area contributed by atoms with Crippen LogP contribution >= 0.6 is 11.8 Å². The zero-order valence-corrected chi connectivity index (χ0v) is 15.7. The number of fused-ring (bicyclic) bond motifs is 1. The Bertz CT molecular complexity index is 585. The molecule has 0 bridgehead atoms. The Balaban J connectivity index is 1.61. The maximum absolute atomic E-state index is 12.3. The van der Waals surface area contributed by atoms with Gasteiger partial charge in [0.25, 0.3) is 0 Å². The van der Waals surface area contributed by atoms with Crippen molar-refractivity contribution >= 4 is 17.9 Å². The maximum Gasteiger partial charge on any atom is 0.410 e. The number of likely N-dealkylation sites (tertiary alicyclic amines) is 1. The molecular formula is C19H28N2O2S. The van der Waals surface area contributed by atoms with Crippen LogP contribution in [0.15, 0.2) is 29.2 Å². The van der Waals surface area contributed by atoms with Crippen LogP contribution in [0.1, 0.15) is 51.6 Å². The highest BCUT2D eigenvalue weighted by Crippen LogP contribution is 2.36. The van der Waals surface area contributed by atoms with Gasteiger partial charge in [-0.05, 0) is 57.4 Å². The summed E-state index contributed by atoms with van der Waals surface area (Å²) in [7, 11) is 0. The highest BCUT2D eigenvalue weighted by atomic mass is 32.2. The van der Waals surface area contributed by atoms with Gasteiger partial charge in [0.2, 0.25) is 0 Å². The second kappa shape index (κ2) is 7.36. The second-order valence-electron chi connectivity index (χ2n) is 7.66. The Morgan fingerprint density at radius 3 is 2.88 bits per heavy atom. The molecule has 1 N–H and O–H groups in total. The molecule has 0 aliphatic carbocycles. The zero-order chi connectivity index (χ0) is 17.2. The van der Waals surface area contributed by atoms with Crippen molar-refractivity contribution in [1.29, 1.82) is 0 Å². The van der Waals surface area contributed by atoms with Crippen LogP contribution in [-0.4, -0.2) is 41.5 Å².